The van der Waals surface area contributed by atoms with Crippen LogP contribution >= 0.6 is 23.1 Å². The Balaban J connectivity index is 2.30. The lowest BCUT2D eigenvalue weighted by Gasteiger charge is -2.18. The Morgan fingerprint density at radius 2 is 1.94 bits per heavy atom. The predicted molar refractivity (Wildman–Crippen MR) is 132 cm³/mol. The number of nitrogens with one attached hydrogen (secondary N) is 2. The van der Waals surface area contributed by atoms with E-state index >= 15 is 0 Å². The minimum absolute atomic E-state index is 0.00887. The van der Waals surface area contributed by atoms with Gasteiger partial charge in [0.05, 0.1) is 15.6 Å². The van der Waals surface area contributed by atoms with E-state index in [4.69, 9.17) is 21.7 Å². The third kappa shape index (κ3) is 8.25. The minimum atomic E-state index is -5.05. The van der Waals surface area contributed by atoms with Crippen LogP contribution in [0.4, 0.5) is 13.2 Å². The summed E-state index contributed by atoms with van der Waals surface area (Å²) in [5.41, 5.74) is -1.96. The first kappa shape index (κ1) is 29.7. The molecule has 0 bridgehead atoms. The maximum atomic E-state index is 13.2. The van der Waals surface area contributed by atoms with Crippen LogP contribution in [0.1, 0.15) is 18.9 Å². The van der Waals surface area contributed by atoms with Crippen LogP contribution < -0.4 is 5.32 Å². The zero-order valence-electron chi connectivity index (χ0n) is 19.6. The lowest BCUT2D eigenvalue weighted by Crippen LogP contribution is -2.31. The second-order valence-electron chi connectivity index (χ2n) is 7.39. The van der Waals surface area contributed by atoms with Crippen LogP contribution in [0.25, 0.3) is 17.1 Å². The van der Waals surface area contributed by atoms with Crippen molar-refractivity contribution in [3.05, 3.63) is 34.3 Å². The summed E-state index contributed by atoms with van der Waals surface area (Å²) >= 11 is 6.56. The number of carbonyl (C=O) groups is 1. The highest BCUT2D eigenvalue weighted by Gasteiger charge is 2.38. The number of esters is 1. The van der Waals surface area contributed by atoms with Crippen molar-refractivity contribution in [2.75, 3.05) is 39.0 Å². The molecule has 15 heteroatoms. The summed E-state index contributed by atoms with van der Waals surface area (Å²) in [4.78, 5) is 18.3. The van der Waals surface area contributed by atoms with E-state index in [2.05, 4.69) is 14.7 Å². The van der Waals surface area contributed by atoms with Gasteiger partial charge in [0.15, 0.2) is 26.4 Å². The van der Waals surface area contributed by atoms with Crippen LogP contribution in [0.5, 0.6) is 0 Å². The molecule has 2 aromatic rings. The Morgan fingerprint density at radius 3 is 2.53 bits per heavy atom. The fourth-order valence-corrected chi connectivity index (χ4v) is 4.54. The molecule has 2 rings (SSSR count). The normalized spacial score (nSPS) is 12.9. The summed E-state index contributed by atoms with van der Waals surface area (Å²) in [6.45, 7) is 5.49. The van der Waals surface area contributed by atoms with E-state index in [0.29, 0.717) is 23.6 Å². The number of hydrogen-bond acceptors (Lipinski definition) is 10. The van der Waals surface area contributed by atoms with Crippen molar-refractivity contribution in [2.24, 2.45) is 0 Å². The van der Waals surface area contributed by atoms with Gasteiger partial charge in [-0.25, -0.2) is 13.4 Å². The number of allylic oxidation sites excluding steroid dienone is 1. The summed E-state index contributed by atoms with van der Waals surface area (Å²) < 4.78 is 72.3. The van der Waals surface area contributed by atoms with Gasteiger partial charge >= 0.3 is 12.1 Å². The van der Waals surface area contributed by atoms with E-state index in [-0.39, 0.29) is 22.3 Å². The number of benzene rings is 1. The van der Waals surface area contributed by atoms with Crippen molar-refractivity contribution in [3.8, 4) is 11.4 Å². The molecule has 0 unspecified atom stereocenters. The summed E-state index contributed by atoms with van der Waals surface area (Å²) in [5, 5.41) is 8.74. The zero-order chi connectivity index (χ0) is 27.1. The van der Waals surface area contributed by atoms with Crippen molar-refractivity contribution in [1.29, 1.82) is 5.41 Å². The van der Waals surface area contributed by atoms with Gasteiger partial charge in [-0.05, 0) is 36.8 Å². The van der Waals surface area contributed by atoms with Crippen LogP contribution in [0, 0.1) is 5.41 Å². The van der Waals surface area contributed by atoms with Gasteiger partial charge in [-0.1, -0.05) is 37.6 Å². The van der Waals surface area contributed by atoms with Crippen molar-refractivity contribution < 1.29 is 31.1 Å². The Morgan fingerprint density at radius 1 is 1.28 bits per heavy atom. The lowest BCUT2D eigenvalue weighted by molar-refractivity contribution is -0.142. The van der Waals surface area contributed by atoms with Gasteiger partial charge in [0.2, 0.25) is 0 Å². The molecule has 9 nitrogen and oxygen atoms in total. The Labute approximate surface area is 215 Å². The SMILES string of the molecule is CCN(CC)CCOC(=O)CN/C(=C(/Cl)C(=N)C(F)(F)F)c1nc(-c2cccc(S(C)(=O)=O)c2)ns1. The number of halogens is 4. The summed E-state index contributed by atoms with van der Waals surface area (Å²) in [5.74, 6) is -0.710. The molecule has 1 heterocycles. The zero-order valence-corrected chi connectivity index (χ0v) is 22.0. The molecule has 1 aromatic carbocycles. The quantitative estimate of drug-likeness (QED) is 0.294. The smallest absolute Gasteiger partial charge is 0.434 e. The summed E-state index contributed by atoms with van der Waals surface area (Å²) in [7, 11) is -3.52. The largest absolute Gasteiger partial charge is 0.463 e. The van der Waals surface area contributed by atoms with Crippen LogP contribution in [0.2, 0.25) is 0 Å². The van der Waals surface area contributed by atoms with Crippen molar-refractivity contribution in [2.45, 2.75) is 24.9 Å². The van der Waals surface area contributed by atoms with Gasteiger partial charge in [-0.15, -0.1) is 0 Å². The summed E-state index contributed by atoms with van der Waals surface area (Å²) in [6.07, 6.45) is -4.02. The van der Waals surface area contributed by atoms with E-state index in [9.17, 15) is 26.4 Å². The molecule has 2 N–H and O–H groups in total. The highest BCUT2D eigenvalue weighted by Crippen LogP contribution is 2.30. The molecule has 0 amide bonds. The standard InChI is InChI=1S/C21H25ClF3N5O4S2/c1-4-30(5-2)9-10-34-15(31)12-27-17(16(22)18(26)21(23,24)25)20-28-19(29-35-20)13-7-6-8-14(11-13)36(3,32)33/h6-8,11,26-27H,4-5,9-10,12H2,1-3H3/b17-16+,26-18?. The van der Waals surface area contributed by atoms with E-state index in [1.54, 1.807) is 0 Å². The first-order chi connectivity index (χ1) is 16.8. The number of hydrogen-bond donors (Lipinski definition) is 2. The van der Waals surface area contributed by atoms with Gasteiger partial charge in [0, 0.05) is 18.4 Å². The van der Waals surface area contributed by atoms with E-state index in [1.807, 2.05) is 18.7 Å². The van der Waals surface area contributed by atoms with Crippen molar-refractivity contribution >= 4 is 50.3 Å². The molecule has 0 aliphatic heterocycles. The van der Waals surface area contributed by atoms with Crippen LogP contribution in [0.15, 0.2) is 34.2 Å². The fourth-order valence-electron chi connectivity index (χ4n) is 2.84. The molecule has 0 atom stereocenters. The van der Waals surface area contributed by atoms with Gasteiger partial charge in [0.25, 0.3) is 0 Å². The van der Waals surface area contributed by atoms with Gasteiger partial charge in [-0.2, -0.15) is 17.5 Å². The maximum absolute atomic E-state index is 13.2. The van der Waals surface area contributed by atoms with E-state index < -0.39 is 45.0 Å². The third-order valence-electron chi connectivity index (χ3n) is 4.86. The predicted octanol–water partition coefficient (Wildman–Crippen LogP) is 3.57. The van der Waals surface area contributed by atoms with Crippen molar-refractivity contribution in [1.82, 2.24) is 19.6 Å². The topological polar surface area (TPSA) is 125 Å². The lowest BCUT2D eigenvalue weighted by atomic mass is 10.2. The third-order valence-corrected chi connectivity index (χ3v) is 7.08. The molecule has 0 spiro atoms. The molecule has 0 aliphatic rings. The molecule has 0 saturated heterocycles. The van der Waals surface area contributed by atoms with Crippen molar-refractivity contribution in [3.63, 3.8) is 0 Å². The highest BCUT2D eigenvalue weighted by atomic mass is 35.5. The number of carbonyl (C=O) groups excluding carboxylic acids is 1. The average Bonchev–Trinajstić information content (AvgIpc) is 3.30. The van der Waals surface area contributed by atoms with Gasteiger partial charge in [-0.3, -0.25) is 10.2 Å². The molecule has 0 saturated carbocycles. The number of sulfone groups is 1. The first-order valence-corrected chi connectivity index (χ1v) is 13.6. The van der Waals surface area contributed by atoms with Crippen LogP contribution in [0.3, 0.4) is 0 Å². The number of aromatic nitrogens is 2. The second-order valence-corrected chi connectivity index (χ2v) is 10.5. The Bertz CT molecular complexity index is 1230. The molecule has 36 heavy (non-hydrogen) atoms. The first-order valence-electron chi connectivity index (χ1n) is 10.6. The molecule has 0 radical (unpaired) electrons. The molecule has 1 aromatic heterocycles. The number of nitrogens with zero attached hydrogens (tertiary/aromatic N) is 3. The minimum Gasteiger partial charge on any atom is -0.463 e. The molecular weight excluding hydrogens is 543 g/mol. The fraction of sp³-hybridized carbons (Fsp3) is 0.429. The maximum Gasteiger partial charge on any atom is 0.434 e. The molecule has 198 valence electrons. The Hall–Kier alpha value is -2.55. The number of ether oxygens (including phenoxy) is 1. The number of likely N-dealkylation sites (N-methyl/N-ethyl adjacent to an activating group) is 1. The monoisotopic (exact) mass is 567 g/mol. The van der Waals surface area contributed by atoms with E-state index in [0.717, 1.165) is 19.3 Å². The second kappa shape index (κ2) is 12.6. The van der Waals surface area contributed by atoms with Crippen LogP contribution in [-0.4, -0.2) is 79.6 Å². The number of rotatable bonds is 12. The van der Waals surface area contributed by atoms with Gasteiger partial charge < -0.3 is 15.0 Å². The average molecular weight is 568 g/mol. The molecular formula is C21H25ClF3N5O4S2. The molecule has 0 aliphatic carbocycles. The van der Waals surface area contributed by atoms with E-state index in [1.165, 1.54) is 24.3 Å². The molecule has 0 fully saturated rings. The highest BCUT2D eigenvalue weighted by molar-refractivity contribution is 7.90. The Kier molecular flexibility index (Phi) is 10.4. The van der Waals surface area contributed by atoms with Gasteiger partial charge in [0.1, 0.15) is 13.2 Å². The van der Waals surface area contributed by atoms with Crippen LogP contribution in [-0.2, 0) is 19.4 Å². The summed E-state index contributed by atoms with van der Waals surface area (Å²) in [6, 6.07) is 5.71. The number of alkyl halides is 3.